The molecule has 33 heavy (non-hydrogen) atoms. The van der Waals surface area contributed by atoms with Crippen LogP contribution in [-0.4, -0.2) is 67.3 Å². The van der Waals surface area contributed by atoms with E-state index in [1.54, 1.807) is 6.07 Å². The number of benzene rings is 2. The van der Waals surface area contributed by atoms with Crippen LogP contribution in [0.4, 0.5) is 20.6 Å². The Labute approximate surface area is 193 Å². The molecule has 2 amide bonds. The van der Waals surface area contributed by atoms with Crippen LogP contribution in [0.1, 0.15) is 30.9 Å². The number of hydrogen-bond donors (Lipinski definition) is 1. The lowest BCUT2D eigenvalue weighted by molar-refractivity contribution is 0.193. The van der Waals surface area contributed by atoms with Gasteiger partial charge in [0.05, 0.1) is 5.69 Å². The van der Waals surface area contributed by atoms with Gasteiger partial charge >= 0.3 is 6.03 Å². The van der Waals surface area contributed by atoms with Crippen molar-refractivity contribution in [1.82, 2.24) is 15.0 Å². The number of amides is 2. The van der Waals surface area contributed by atoms with E-state index in [1.807, 2.05) is 17.0 Å². The van der Waals surface area contributed by atoms with Crippen molar-refractivity contribution in [3.63, 3.8) is 0 Å². The molecule has 0 radical (unpaired) electrons. The van der Waals surface area contributed by atoms with E-state index in [1.165, 1.54) is 24.2 Å². The number of fused-ring (bicyclic) bond motifs is 1. The van der Waals surface area contributed by atoms with Crippen molar-refractivity contribution in [2.75, 3.05) is 50.5 Å². The second kappa shape index (κ2) is 9.02. The summed E-state index contributed by atoms with van der Waals surface area (Å²) in [6.45, 7) is 3.33. The van der Waals surface area contributed by atoms with Crippen molar-refractivity contribution in [1.29, 1.82) is 0 Å². The molecule has 3 aromatic rings. The molecule has 2 fully saturated rings. The molecule has 3 heterocycles. The number of piperidine rings is 1. The van der Waals surface area contributed by atoms with Crippen molar-refractivity contribution < 1.29 is 13.7 Å². The quantitative estimate of drug-likeness (QED) is 0.632. The molecule has 1 aromatic heterocycles. The van der Waals surface area contributed by atoms with Gasteiger partial charge in [0.2, 0.25) is 0 Å². The standard InChI is InChI=1S/C25H30FN5O2/c1-29(2)21-11-14-31(16-21)20-6-4-19(5-7-20)27-25(32)30-12-9-17(10-13-30)24-22-15-18(26)3-8-23(22)33-28-24/h3-8,15,17,21H,9-14,16H2,1-2H3,(H,27,32). The summed E-state index contributed by atoms with van der Waals surface area (Å²) in [6.07, 6.45) is 2.71. The van der Waals surface area contributed by atoms with Crippen LogP contribution in [-0.2, 0) is 0 Å². The first-order chi connectivity index (χ1) is 16.0. The van der Waals surface area contributed by atoms with Crippen LogP contribution in [0.25, 0.3) is 11.0 Å². The van der Waals surface area contributed by atoms with Gasteiger partial charge in [0.15, 0.2) is 5.58 Å². The van der Waals surface area contributed by atoms with E-state index in [-0.39, 0.29) is 17.8 Å². The molecule has 0 spiro atoms. The van der Waals surface area contributed by atoms with Crippen molar-refractivity contribution in [2.45, 2.75) is 31.2 Å². The van der Waals surface area contributed by atoms with Crippen LogP contribution < -0.4 is 10.2 Å². The molecule has 7 nitrogen and oxygen atoms in total. The average molecular weight is 452 g/mol. The number of aromatic nitrogens is 1. The minimum absolute atomic E-state index is 0.0916. The lowest BCUT2D eigenvalue weighted by Crippen LogP contribution is -2.40. The molecule has 2 saturated heterocycles. The van der Waals surface area contributed by atoms with Crippen LogP contribution >= 0.6 is 0 Å². The molecule has 0 aliphatic carbocycles. The van der Waals surface area contributed by atoms with Gasteiger partial charge in [0, 0.05) is 54.9 Å². The number of nitrogens with zero attached hydrogens (tertiary/aromatic N) is 4. The monoisotopic (exact) mass is 451 g/mol. The summed E-state index contributed by atoms with van der Waals surface area (Å²) >= 11 is 0. The third-order valence-corrected chi connectivity index (χ3v) is 7.01. The highest BCUT2D eigenvalue weighted by atomic mass is 19.1. The maximum Gasteiger partial charge on any atom is 0.321 e. The molecule has 1 N–H and O–H groups in total. The Morgan fingerprint density at radius 1 is 1.09 bits per heavy atom. The smallest absolute Gasteiger partial charge is 0.321 e. The number of carbonyl (C=O) groups excluding carboxylic acids is 1. The van der Waals surface area contributed by atoms with E-state index in [4.69, 9.17) is 4.52 Å². The molecule has 0 bridgehead atoms. The largest absolute Gasteiger partial charge is 0.370 e. The first-order valence-corrected chi connectivity index (χ1v) is 11.6. The van der Waals surface area contributed by atoms with E-state index in [9.17, 15) is 9.18 Å². The van der Waals surface area contributed by atoms with Crippen LogP contribution in [0, 0.1) is 5.82 Å². The number of nitrogens with one attached hydrogen (secondary N) is 1. The second-order valence-corrected chi connectivity index (χ2v) is 9.30. The fraction of sp³-hybridized carbons (Fsp3) is 0.440. The number of likely N-dealkylation sites (N-methyl/N-ethyl adjacent to an activating group) is 1. The fourth-order valence-electron chi connectivity index (χ4n) is 4.94. The first kappa shape index (κ1) is 21.7. The molecule has 8 heteroatoms. The zero-order valence-corrected chi connectivity index (χ0v) is 19.1. The van der Waals surface area contributed by atoms with E-state index in [2.05, 4.69) is 46.5 Å². The van der Waals surface area contributed by atoms with Gasteiger partial charge in [0.1, 0.15) is 5.82 Å². The summed E-state index contributed by atoms with van der Waals surface area (Å²) in [4.78, 5) is 19.3. The highest BCUT2D eigenvalue weighted by Gasteiger charge is 2.28. The minimum atomic E-state index is -0.294. The van der Waals surface area contributed by atoms with Crippen LogP contribution in [0.3, 0.4) is 0 Å². The van der Waals surface area contributed by atoms with E-state index >= 15 is 0 Å². The third-order valence-electron chi connectivity index (χ3n) is 7.01. The predicted molar refractivity (Wildman–Crippen MR) is 127 cm³/mol. The fourth-order valence-corrected chi connectivity index (χ4v) is 4.94. The molecule has 2 aliphatic heterocycles. The molecule has 2 aliphatic rings. The van der Waals surface area contributed by atoms with E-state index in [0.29, 0.717) is 24.7 Å². The Bertz CT molecular complexity index is 1120. The van der Waals surface area contributed by atoms with E-state index in [0.717, 1.165) is 42.7 Å². The number of urea groups is 1. The van der Waals surface area contributed by atoms with Gasteiger partial charge in [-0.05, 0) is 75.8 Å². The summed E-state index contributed by atoms with van der Waals surface area (Å²) < 4.78 is 19.0. The Kier molecular flexibility index (Phi) is 5.93. The van der Waals surface area contributed by atoms with Gasteiger partial charge in [-0.3, -0.25) is 0 Å². The molecule has 5 rings (SSSR count). The van der Waals surface area contributed by atoms with Gasteiger partial charge in [-0.15, -0.1) is 0 Å². The highest BCUT2D eigenvalue weighted by molar-refractivity contribution is 5.89. The van der Waals surface area contributed by atoms with Crippen molar-refractivity contribution in [2.24, 2.45) is 0 Å². The molecule has 174 valence electrons. The van der Waals surface area contributed by atoms with Crippen molar-refractivity contribution in [3.05, 3.63) is 54.0 Å². The van der Waals surface area contributed by atoms with Gasteiger partial charge < -0.3 is 24.5 Å². The molecule has 1 unspecified atom stereocenters. The number of rotatable bonds is 4. The molecule has 2 aromatic carbocycles. The van der Waals surface area contributed by atoms with Gasteiger partial charge in [-0.1, -0.05) is 5.16 Å². The summed E-state index contributed by atoms with van der Waals surface area (Å²) in [5.41, 5.74) is 3.38. The Balaban J connectivity index is 1.16. The zero-order valence-electron chi connectivity index (χ0n) is 19.1. The van der Waals surface area contributed by atoms with Crippen LogP contribution in [0.5, 0.6) is 0 Å². The molecular weight excluding hydrogens is 421 g/mol. The Hall–Kier alpha value is -3.13. The number of likely N-dealkylation sites (tertiary alicyclic amines) is 1. The van der Waals surface area contributed by atoms with Crippen molar-refractivity contribution >= 4 is 28.4 Å². The normalized spacial score (nSPS) is 19.6. The first-order valence-electron chi connectivity index (χ1n) is 11.6. The van der Waals surface area contributed by atoms with Gasteiger partial charge in [-0.25, -0.2) is 9.18 Å². The Morgan fingerprint density at radius 2 is 1.85 bits per heavy atom. The lowest BCUT2D eigenvalue weighted by atomic mass is 9.92. The molecular formula is C25H30FN5O2. The number of carbonyl (C=O) groups is 1. The van der Waals surface area contributed by atoms with E-state index < -0.39 is 0 Å². The summed E-state index contributed by atoms with van der Waals surface area (Å²) in [7, 11) is 4.26. The zero-order chi connectivity index (χ0) is 22.9. The second-order valence-electron chi connectivity index (χ2n) is 9.30. The average Bonchev–Trinajstić information content (AvgIpc) is 3.47. The van der Waals surface area contributed by atoms with Crippen LogP contribution in [0.2, 0.25) is 0 Å². The molecule has 1 atom stereocenters. The lowest BCUT2D eigenvalue weighted by Gasteiger charge is -2.31. The summed E-state index contributed by atoms with van der Waals surface area (Å²) in [6, 6.07) is 13.1. The third kappa shape index (κ3) is 4.53. The number of halogens is 1. The van der Waals surface area contributed by atoms with Crippen LogP contribution in [0.15, 0.2) is 47.0 Å². The summed E-state index contributed by atoms with van der Waals surface area (Å²) in [5, 5.41) is 7.93. The number of anilines is 2. The number of hydrogen-bond acceptors (Lipinski definition) is 5. The maximum atomic E-state index is 13.7. The minimum Gasteiger partial charge on any atom is -0.370 e. The van der Waals surface area contributed by atoms with Gasteiger partial charge in [0.25, 0.3) is 0 Å². The molecule has 0 saturated carbocycles. The predicted octanol–water partition coefficient (Wildman–Crippen LogP) is 4.52. The van der Waals surface area contributed by atoms with Crippen molar-refractivity contribution in [3.8, 4) is 0 Å². The maximum absolute atomic E-state index is 13.7. The van der Waals surface area contributed by atoms with Gasteiger partial charge in [-0.2, -0.15) is 0 Å². The highest BCUT2D eigenvalue weighted by Crippen LogP contribution is 2.33. The topological polar surface area (TPSA) is 64.8 Å². The summed E-state index contributed by atoms with van der Waals surface area (Å²) in [5.74, 6) is -0.139. The SMILES string of the molecule is CN(C)C1CCN(c2ccc(NC(=O)N3CCC(c4noc5ccc(F)cc45)CC3)cc2)C1. The Morgan fingerprint density at radius 3 is 2.55 bits per heavy atom.